The number of ether oxygens (including phenoxy) is 1. The van der Waals surface area contributed by atoms with E-state index in [-0.39, 0.29) is 17.1 Å². The molecule has 0 spiro atoms. The van der Waals surface area contributed by atoms with E-state index in [0.29, 0.717) is 0 Å². The van der Waals surface area contributed by atoms with E-state index in [0.717, 1.165) is 6.07 Å². The molecule has 8 heteroatoms. The molecule has 0 saturated carbocycles. The molecule has 0 radical (unpaired) electrons. The molecule has 1 N–H and O–H groups in total. The first-order valence-corrected chi connectivity index (χ1v) is 6.66. The Hall–Kier alpha value is -1.83. The Morgan fingerprint density at radius 1 is 1.39 bits per heavy atom. The van der Waals surface area contributed by atoms with Crippen LogP contribution in [0.3, 0.4) is 0 Å². The second-order valence-corrected chi connectivity index (χ2v) is 6.08. The first kappa shape index (κ1) is 14.2. The van der Waals surface area contributed by atoms with Gasteiger partial charge in [0.05, 0.1) is 23.0 Å². The average Bonchev–Trinajstić information content (AvgIpc) is 2.28. The lowest BCUT2D eigenvalue weighted by atomic mass is 10.2. The third-order valence-corrected chi connectivity index (χ3v) is 4.02. The number of rotatable bonds is 5. The van der Waals surface area contributed by atoms with Gasteiger partial charge >= 0.3 is 5.69 Å². The topological polar surface area (TPSA) is 98.5 Å². The van der Waals surface area contributed by atoms with E-state index in [1.165, 1.54) is 33.1 Å². The summed E-state index contributed by atoms with van der Waals surface area (Å²) in [5, 5.41) is 10.2. The van der Waals surface area contributed by atoms with Gasteiger partial charge in [0.25, 0.3) is 0 Å². The first-order chi connectivity index (χ1) is 8.27. The maximum atomic E-state index is 11.6. The number of hydrogen-bond donors (Lipinski definition) is 1. The van der Waals surface area contributed by atoms with Crippen LogP contribution in [0.1, 0.15) is 13.8 Å². The summed E-state index contributed by atoms with van der Waals surface area (Å²) in [4.78, 5) is 10.1. The lowest BCUT2D eigenvalue weighted by Crippen LogP contribution is -2.22. The van der Waals surface area contributed by atoms with Crippen LogP contribution in [0.2, 0.25) is 0 Å². The smallest absolute Gasteiger partial charge is 0.312 e. The molecule has 0 unspecified atom stereocenters. The number of hydrogen-bond acceptors (Lipinski definition) is 5. The maximum Gasteiger partial charge on any atom is 0.312 e. The number of anilines is 1. The summed E-state index contributed by atoms with van der Waals surface area (Å²) in [6.45, 7) is 3.03. The summed E-state index contributed by atoms with van der Waals surface area (Å²) in [5.74, 6) is 0.0764. The van der Waals surface area contributed by atoms with Crippen molar-refractivity contribution in [3.8, 4) is 5.75 Å². The zero-order valence-corrected chi connectivity index (χ0v) is 11.0. The summed E-state index contributed by atoms with van der Waals surface area (Å²) in [7, 11) is -2.22. The van der Waals surface area contributed by atoms with Gasteiger partial charge in [0.15, 0.2) is 5.75 Å². The monoisotopic (exact) mass is 274 g/mol. The predicted molar refractivity (Wildman–Crippen MR) is 67.3 cm³/mol. The lowest BCUT2D eigenvalue weighted by molar-refractivity contribution is -0.385. The highest BCUT2D eigenvalue weighted by molar-refractivity contribution is 7.93. The molecule has 0 amide bonds. The molecular weight excluding hydrogens is 260 g/mol. The van der Waals surface area contributed by atoms with Crippen molar-refractivity contribution in [2.24, 2.45) is 0 Å². The fourth-order valence-electron chi connectivity index (χ4n) is 1.18. The Morgan fingerprint density at radius 2 is 2.00 bits per heavy atom. The Labute approximate surface area is 105 Å². The van der Waals surface area contributed by atoms with Crippen LogP contribution in [0.4, 0.5) is 11.4 Å². The van der Waals surface area contributed by atoms with Crippen molar-refractivity contribution in [3.63, 3.8) is 0 Å². The largest absolute Gasteiger partial charge is 0.490 e. The fraction of sp³-hybridized carbons (Fsp3) is 0.400. The van der Waals surface area contributed by atoms with Gasteiger partial charge in [-0.1, -0.05) is 0 Å². The number of nitrogens with one attached hydrogen (secondary N) is 1. The van der Waals surface area contributed by atoms with E-state index in [2.05, 4.69) is 4.72 Å². The number of nitro groups is 1. The third-order valence-electron chi connectivity index (χ3n) is 2.26. The number of benzene rings is 1. The maximum absolute atomic E-state index is 11.6. The molecule has 0 fully saturated rings. The molecule has 18 heavy (non-hydrogen) atoms. The minimum Gasteiger partial charge on any atom is -0.490 e. The average molecular weight is 274 g/mol. The van der Waals surface area contributed by atoms with E-state index >= 15 is 0 Å². The molecule has 0 bridgehead atoms. The molecule has 7 nitrogen and oxygen atoms in total. The van der Waals surface area contributed by atoms with E-state index < -0.39 is 20.2 Å². The van der Waals surface area contributed by atoms with Crippen molar-refractivity contribution >= 4 is 21.4 Å². The highest BCUT2D eigenvalue weighted by Gasteiger charge is 2.19. The molecule has 1 aromatic rings. The summed E-state index contributed by atoms with van der Waals surface area (Å²) >= 11 is 0. The minimum absolute atomic E-state index is 0.0764. The predicted octanol–water partition coefficient (Wildman–Crippen LogP) is 1.75. The standard InChI is InChI=1S/C10H14N2O5S/c1-7(2)18(15,16)11-8-4-5-10(17-3)9(6-8)12(13)14/h4-7,11H,1-3H3. The van der Waals surface area contributed by atoms with Crippen LogP contribution in [-0.2, 0) is 10.0 Å². The Balaban J connectivity index is 3.14. The zero-order chi connectivity index (χ0) is 13.9. The van der Waals surface area contributed by atoms with Gasteiger partial charge in [0, 0.05) is 6.07 Å². The van der Waals surface area contributed by atoms with Crippen LogP contribution < -0.4 is 9.46 Å². The molecule has 0 aliphatic rings. The van der Waals surface area contributed by atoms with E-state index in [1.807, 2.05) is 0 Å². The highest BCUT2D eigenvalue weighted by Crippen LogP contribution is 2.30. The zero-order valence-electron chi connectivity index (χ0n) is 10.2. The molecule has 0 atom stereocenters. The Bertz CT molecular complexity index is 553. The summed E-state index contributed by atoms with van der Waals surface area (Å²) < 4.78 is 30.3. The molecule has 0 aromatic heterocycles. The number of nitrogens with zero attached hydrogens (tertiary/aromatic N) is 1. The van der Waals surface area contributed by atoms with E-state index in [9.17, 15) is 18.5 Å². The number of nitro benzene ring substituents is 1. The molecule has 1 aromatic carbocycles. The van der Waals surface area contributed by atoms with Crippen LogP contribution >= 0.6 is 0 Å². The number of sulfonamides is 1. The summed E-state index contributed by atoms with van der Waals surface area (Å²) in [5.41, 5.74) is -0.155. The lowest BCUT2D eigenvalue weighted by Gasteiger charge is -2.11. The van der Waals surface area contributed by atoms with Crippen LogP contribution in [-0.4, -0.2) is 25.7 Å². The number of methoxy groups -OCH3 is 1. The van der Waals surface area contributed by atoms with Gasteiger partial charge in [-0.2, -0.15) is 0 Å². The van der Waals surface area contributed by atoms with Crippen LogP contribution in [0.5, 0.6) is 5.75 Å². The molecule has 0 heterocycles. The molecule has 100 valence electrons. The third kappa shape index (κ3) is 3.10. The van der Waals surface area contributed by atoms with Gasteiger partial charge in [-0.15, -0.1) is 0 Å². The van der Waals surface area contributed by atoms with Gasteiger partial charge in [-0.25, -0.2) is 8.42 Å². The molecule has 0 aliphatic carbocycles. The van der Waals surface area contributed by atoms with E-state index in [4.69, 9.17) is 4.74 Å². The van der Waals surface area contributed by atoms with Gasteiger partial charge in [-0.3, -0.25) is 14.8 Å². The van der Waals surface area contributed by atoms with Gasteiger partial charge < -0.3 is 4.74 Å². The van der Waals surface area contributed by atoms with Crippen molar-refractivity contribution < 1.29 is 18.1 Å². The SMILES string of the molecule is COc1ccc(NS(=O)(=O)C(C)C)cc1[N+](=O)[O-]. The summed E-state index contributed by atoms with van der Waals surface area (Å²) in [6, 6.07) is 3.88. The highest BCUT2D eigenvalue weighted by atomic mass is 32.2. The fourth-order valence-corrected chi connectivity index (χ4v) is 1.87. The van der Waals surface area contributed by atoms with Crippen LogP contribution in [0.15, 0.2) is 18.2 Å². The van der Waals surface area contributed by atoms with E-state index in [1.54, 1.807) is 0 Å². The Morgan fingerprint density at radius 3 is 2.44 bits per heavy atom. The summed E-state index contributed by atoms with van der Waals surface area (Å²) in [6.07, 6.45) is 0. The Kier molecular flexibility index (Phi) is 4.12. The molecule has 0 saturated heterocycles. The van der Waals surface area contributed by atoms with Crippen LogP contribution in [0.25, 0.3) is 0 Å². The van der Waals surface area contributed by atoms with Gasteiger partial charge in [0.1, 0.15) is 0 Å². The normalized spacial score (nSPS) is 11.3. The van der Waals surface area contributed by atoms with Gasteiger partial charge in [0.2, 0.25) is 10.0 Å². The van der Waals surface area contributed by atoms with Crippen molar-refractivity contribution in [2.45, 2.75) is 19.1 Å². The molecule has 1 rings (SSSR count). The quantitative estimate of drug-likeness (QED) is 0.651. The second kappa shape index (κ2) is 5.21. The molecule has 0 aliphatic heterocycles. The van der Waals surface area contributed by atoms with Crippen LogP contribution in [0, 0.1) is 10.1 Å². The molecular formula is C10H14N2O5S. The van der Waals surface area contributed by atoms with Gasteiger partial charge in [-0.05, 0) is 26.0 Å². The van der Waals surface area contributed by atoms with Crippen molar-refractivity contribution in [1.82, 2.24) is 0 Å². The minimum atomic E-state index is -3.53. The van der Waals surface area contributed by atoms with Crippen molar-refractivity contribution in [3.05, 3.63) is 28.3 Å². The first-order valence-electron chi connectivity index (χ1n) is 5.12. The second-order valence-electron chi connectivity index (χ2n) is 3.84. The van der Waals surface area contributed by atoms with Crippen molar-refractivity contribution in [2.75, 3.05) is 11.8 Å². The van der Waals surface area contributed by atoms with Crippen molar-refractivity contribution in [1.29, 1.82) is 0 Å².